The summed E-state index contributed by atoms with van der Waals surface area (Å²) in [5, 5.41) is 8.35. The highest BCUT2D eigenvalue weighted by molar-refractivity contribution is 5.63. The van der Waals surface area contributed by atoms with E-state index in [9.17, 15) is 0 Å². The van der Waals surface area contributed by atoms with Crippen LogP contribution in [-0.4, -0.2) is 20.2 Å². The Balaban J connectivity index is 1.57. The van der Waals surface area contributed by atoms with Gasteiger partial charge in [0.2, 0.25) is 11.8 Å². The van der Waals surface area contributed by atoms with E-state index in [0.29, 0.717) is 11.8 Å². The number of hydrogen-bond donors (Lipinski definition) is 0. The van der Waals surface area contributed by atoms with Gasteiger partial charge in [-0.15, -0.1) is 10.2 Å². The Morgan fingerprint density at radius 1 is 0.704 bits per heavy atom. The number of aromatic nitrogens is 4. The molecule has 3 heterocycles. The summed E-state index contributed by atoms with van der Waals surface area (Å²) in [6, 6.07) is 16.0. The van der Waals surface area contributed by atoms with Gasteiger partial charge in [0.15, 0.2) is 0 Å². The van der Waals surface area contributed by atoms with Crippen LogP contribution in [0.4, 0.5) is 0 Å². The van der Waals surface area contributed by atoms with Crippen molar-refractivity contribution >= 4 is 0 Å². The molecule has 134 valence electrons. The molecule has 0 aliphatic rings. The molecule has 4 aromatic rings. The molecule has 1 aromatic carbocycles. The maximum atomic E-state index is 5.85. The van der Waals surface area contributed by atoms with Gasteiger partial charge in [-0.3, -0.25) is 9.97 Å². The first-order valence-corrected chi connectivity index (χ1v) is 8.82. The summed E-state index contributed by atoms with van der Waals surface area (Å²) in [5.41, 5.74) is 4.96. The van der Waals surface area contributed by atoms with Crippen LogP contribution in [0.5, 0.6) is 0 Å². The average molecular weight is 356 g/mol. The summed E-state index contributed by atoms with van der Waals surface area (Å²) in [6.45, 7) is 6.57. The third kappa shape index (κ3) is 3.62. The highest BCUT2D eigenvalue weighted by Gasteiger charge is 2.15. The Morgan fingerprint density at radius 3 is 1.93 bits per heavy atom. The SMILES string of the molecule is CC(C)(C)c1ccc(-c2nnc(-c3ccc(-c4ccncc4)nc3)o2)cc1. The minimum atomic E-state index is 0.112. The van der Waals surface area contributed by atoms with Gasteiger partial charge in [0, 0.05) is 29.7 Å². The van der Waals surface area contributed by atoms with Crippen LogP contribution in [0.15, 0.2) is 71.5 Å². The first kappa shape index (κ1) is 17.1. The Morgan fingerprint density at radius 2 is 1.33 bits per heavy atom. The molecule has 3 aromatic heterocycles. The van der Waals surface area contributed by atoms with Crippen LogP contribution >= 0.6 is 0 Å². The van der Waals surface area contributed by atoms with Gasteiger partial charge < -0.3 is 4.42 Å². The summed E-state index contributed by atoms with van der Waals surface area (Å²) >= 11 is 0. The number of nitrogens with zero attached hydrogens (tertiary/aromatic N) is 4. The van der Waals surface area contributed by atoms with E-state index in [4.69, 9.17) is 4.42 Å². The molecule has 0 unspecified atom stereocenters. The molecule has 0 atom stereocenters. The molecule has 0 saturated carbocycles. The zero-order valence-corrected chi connectivity index (χ0v) is 15.5. The lowest BCUT2D eigenvalue weighted by Crippen LogP contribution is -2.10. The average Bonchev–Trinajstić information content (AvgIpc) is 3.18. The Kier molecular flexibility index (Phi) is 4.28. The molecule has 0 bridgehead atoms. The second-order valence-electron chi connectivity index (χ2n) is 7.41. The topological polar surface area (TPSA) is 64.7 Å². The molecular weight excluding hydrogens is 336 g/mol. The number of benzene rings is 1. The van der Waals surface area contributed by atoms with E-state index >= 15 is 0 Å². The van der Waals surface area contributed by atoms with Crippen LogP contribution < -0.4 is 0 Å². The summed E-state index contributed by atoms with van der Waals surface area (Å²) in [7, 11) is 0. The van der Waals surface area contributed by atoms with Gasteiger partial charge in [-0.2, -0.15) is 0 Å². The molecule has 0 spiro atoms. The largest absolute Gasteiger partial charge is 0.416 e. The lowest BCUT2D eigenvalue weighted by molar-refractivity contribution is 0.581. The normalized spacial score (nSPS) is 11.5. The smallest absolute Gasteiger partial charge is 0.249 e. The molecule has 0 aliphatic carbocycles. The second-order valence-corrected chi connectivity index (χ2v) is 7.41. The van der Waals surface area contributed by atoms with Gasteiger partial charge >= 0.3 is 0 Å². The third-order valence-corrected chi connectivity index (χ3v) is 4.41. The Labute approximate surface area is 158 Å². The van der Waals surface area contributed by atoms with E-state index in [2.05, 4.69) is 53.1 Å². The molecule has 0 N–H and O–H groups in total. The van der Waals surface area contributed by atoms with Crippen LogP contribution in [0.3, 0.4) is 0 Å². The highest BCUT2D eigenvalue weighted by atomic mass is 16.4. The summed E-state index contributed by atoms with van der Waals surface area (Å²) in [6.07, 6.45) is 5.25. The fourth-order valence-corrected chi connectivity index (χ4v) is 2.78. The van der Waals surface area contributed by atoms with E-state index in [-0.39, 0.29) is 5.41 Å². The van der Waals surface area contributed by atoms with Gasteiger partial charge in [0.1, 0.15) is 0 Å². The van der Waals surface area contributed by atoms with Crippen molar-refractivity contribution < 1.29 is 4.42 Å². The maximum absolute atomic E-state index is 5.85. The van der Waals surface area contributed by atoms with Crippen LogP contribution in [0.25, 0.3) is 34.2 Å². The summed E-state index contributed by atoms with van der Waals surface area (Å²) in [4.78, 5) is 8.52. The van der Waals surface area contributed by atoms with Crippen molar-refractivity contribution in [2.24, 2.45) is 0 Å². The van der Waals surface area contributed by atoms with Crippen molar-refractivity contribution in [3.05, 3.63) is 72.7 Å². The molecule has 0 fully saturated rings. The molecule has 0 radical (unpaired) electrons. The molecule has 0 aliphatic heterocycles. The molecule has 0 saturated heterocycles. The minimum absolute atomic E-state index is 0.112. The summed E-state index contributed by atoms with van der Waals surface area (Å²) in [5.74, 6) is 0.961. The van der Waals surface area contributed by atoms with Crippen LogP contribution in [-0.2, 0) is 5.41 Å². The zero-order valence-electron chi connectivity index (χ0n) is 15.5. The number of pyridine rings is 2. The van der Waals surface area contributed by atoms with Gasteiger partial charge in [-0.1, -0.05) is 32.9 Å². The van der Waals surface area contributed by atoms with Crippen LogP contribution in [0, 0.1) is 0 Å². The van der Waals surface area contributed by atoms with Gasteiger partial charge in [0.25, 0.3) is 0 Å². The molecule has 27 heavy (non-hydrogen) atoms. The first-order valence-electron chi connectivity index (χ1n) is 8.82. The van der Waals surface area contributed by atoms with Crippen molar-refractivity contribution in [3.8, 4) is 34.2 Å². The van der Waals surface area contributed by atoms with Gasteiger partial charge in [-0.25, -0.2) is 0 Å². The highest BCUT2D eigenvalue weighted by Crippen LogP contribution is 2.28. The lowest BCUT2D eigenvalue weighted by atomic mass is 9.87. The van der Waals surface area contributed by atoms with Crippen molar-refractivity contribution in [3.63, 3.8) is 0 Å². The fraction of sp³-hybridized carbons (Fsp3) is 0.182. The minimum Gasteiger partial charge on any atom is -0.416 e. The van der Waals surface area contributed by atoms with E-state index in [1.165, 1.54) is 5.56 Å². The van der Waals surface area contributed by atoms with Crippen molar-refractivity contribution in [2.45, 2.75) is 26.2 Å². The van der Waals surface area contributed by atoms with Crippen molar-refractivity contribution in [2.75, 3.05) is 0 Å². The van der Waals surface area contributed by atoms with E-state index in [0.717, 1.165) is 22.4 Å². The fourth-order valence-electron chi connectivity index (χ4n) is 2.78. The standard InChI is InChI=1S/C22H20N4O/c1-22(2,3)18-7-4-16(5-8-18)20-25-26-21(27-20)17-6-9-19(24-14-17)15-10-12-23-13-11-15/h4-14H,1-3H3. The third-order valence-electron chi connectivity index (χ3n) is 4.41. The molecule has 5 heteroatoms. The van der Waals surface area contributed by atoms with E-state index < -0.39 is 0 Å². The lowest BCUT2D eigenvalue weighted by Gasteiger charge is -2.18. The number of rotatable bonds is 3. The van der Waals surface area contributed by atoms with E-state index in [1.54, 1.807) is 18.6 Å². The molecular formula is C22H20N4O. The molecule has 0 amide bonds. The van der Waals surface area contributed by atoms with Gasteiger partial charge in [0.05, 0.1) is 11.3 Å². The Hall–Kier alpha value is -3.34. The second kappa shape index (κ2) is 6.76. The molecule has 4 rings (SSSR count). The Bertz CT molecular complexity index is 1030. The quantitative estimate of drug-likeness (QED) is 0.507. The first-order chi connectivity index (χ1) is 13.0. The number of hydrogen-bond acceptors (Lipinski definition) is 5. The zero-order chi connectivity index (χ0) is 18.9. The van der Waals surface area contributed by atoms with Gasteiger partial charge in [-0.05, 0) is 47.4 Å². The van der Waals surface area contributed by atoms with Crippen LogP contribution in [0.2, 0.25) is 0 Å². The molecule has 5 nitrogen and oxygen atoms in total. The predicted molar refractivity (Wildman–Crippen MR) is 105 cm³/mol. The van der Waals surface area contributed by atoms with Crippen molar-refractivity contribution in [1.29, 1.82) is 0 Å². The van der Waals surface area contributed by atoms with Crippen LogP contribution in [0.1, 0.15) is 26.3 Å². The van der Waals surface area contributed by atoms with Crippen molar-refractivity contribution in [1.82, 2.24) is 20.2 Å². The van der Waals surface area contributed by atoms with E-state index in [1.807, 2.05) is 36.4 Å². The summed E-state index contributed by atoms with van der Waals surface area (Å²) < 4.78 is 5.85. The maximum Gasteiger partial charge on any atom is 0.249 e. The predicted octanol–water partition coefficient (Wildman–Crippen LogP) is 5.16. The monoisotopic (exact) mass is 356 g/mol.